The number of furan rings is 1. The molecule has 1 heterocycles. The highest BCUT2D eigenvalue weighted by Gasteiger charge is 2.13. The predicted octanol–water partition coefficient (Wildman–Crippen LogP) is 0.676. The first-order chi connectivity index (χ1) is 10.6. The molecule has 2 rings (SSSR count). The van der Waals surface area contributed by atoms with Gasteiger partial charge in [-0.2, -0.15) is 0 Å². The van der Waals surface area contributed by atoms with Gasteiger partial charge in [-0.1, -0.05) is 0 Å². The maximum atomic E-state index is 11.7. The van der Waals surface area contributed by atoms with Gasteiger partial charge >= 0.3 is 11.8 Å². The quantitative estimate of drug-likeness (QED) is 0.704. The van der Waals surface area contributed by atoms with Gasteiger partial charge in [-0.15, -0.1) is 0 Å². The van der Waals surface area contributed by atoms with E-state index < -0.39 is 17.7 Å². The minimum atomic E-state index is -0.786. The number of hydrogen-bond donors (Lipinski definition) is 3. The molecule has 0 aliphatic heterocycles. The second-order valence-corrected chi connectivity index (χ2v) is 4.48. The molecule has 1 aromatic carbocycles. The molecule has 22 heavy (non-hydrogen) atoms. The monoisotopic (exact) mass is 301 g/mol. The lowest BCUT2D eigenvalue weighted by Gasteiger charge is -2.06. The first-order valence-corrected chi connectivity index (χ1v) is 6.57. The molecular formula is C15H15N3O4. The van der Waals surface area contributed by atoms with Crippen LogP contribution >= 0.6 is 0 Å². The summed E-state index contributed by atoms with van der Waals surface area (Å²) in [4.78, 5) is 34.2. The van der Waals surface area contributed by atoms with E-state index in [2.05, 4.69) is 10.6 Å². The van der Waals surface area contributed by atoms with Crippen molar-refractivity contribution >= 4 is 23.4 Å². The molecule has 4 N–H and O–H groups in total. The number of hydrogen-bond acceptors (Lipinski definition) is 4. The number of carbonyl (C=O) groups excluding carboxylic acids is 3. The average Bonchev–Trinajstić information content (AvgIpc) is 3.01. The van der Waals surface area contributed by atoms with E-state index in [9.17, 15) is 14.4 Å². The molecular weight excluding hydrogens is 286 g/mol. The molecule has 0 atom stereocenters. The van der Waals surface area contributed by atoms with Crippen molar-refractivity contribution < 1.29 is 18.8 Å². The summed E-state index contributed by atoms with van der Waals surface area (Å²) < 4.78 is 5.11. The van der Waals surface area contributed by atoms with Crippen LogP contribution in [0.15, 0.2) is 47.1 Å². The van der Waals surface area contributed by atoms with E-state index in [1.807, 2.05) is 0 Å². The van der Waals surface area contributed by atoms with Crippen molar-refractivity contribution in [3.63, 3.8) is 0 Å². The summed E-state index contributed by atoms with van der Waals surface area (Å²) in [6.45, 7) is 0.292. The van der Waals surface area contributed by atoms with Gasteiger partial charge in [0.2, 0.25) is 5.91 Å². The Labute approximate surface area is 126 Å². The second-order valence-electron chi connectivity index (χ2n) is 4.48. The molecule has 0 fully saturated rings. The summed E-state index contributed by atoms with van der Waals surface area (Å²) in [6.07, 6.45) is 2.04. The number of benzene rings is 1. The van der Waals surface area contributed by atoms with Crippen molar-refractivity contribution in [2.45, 2.75) is 6.42 Å². The van der Waals surface area contributed by atoms with E-state index in [1.54, 1.807) is 18.4 Å². The Kier molecular flexibility index (Phi) is 4.92. The van der Waals surface area contributed by atoms with Crippen LogP contribution in [0.5, 0.6) is 0 Å². The number of nitrogens with two attached hydrogens (primary N) is 1. The van der Waals surface area contributed by atoms with Crippen LogP contribution in [0.4, 0.5) is 5.69 Å². The predicted molar refractivity (Wildman–Crippen MR) is 79.0 cm³/mol. The topological polar surface area (TPSA) is 114 Å². The summed E-state index contributed by atoms with van der Waals surface area (Å²) >= 11 is 0. The standard InChI is InChI=1S/C15H15N3O4/c16-13(19)10-3-5-11(6-4-10)18-15(21)14(20)17-8-7-12-2-1-9-22-12/h1-6,9H,7-8H2,(H2,16,19)(H,17,20)(H,18,21). The number of carbonyl (C=O) groups is 3. The molecule has 0 aliphatic carbocycles. The fraction of sp³-hybridized carbons (Fsp3) is 0.133. The van der Waals surface area contributed by atoms with Crippen molar-refractivity contribution in [1.29, 1.82) is 0 Å². The van der Waals surface area contributed by atoms with Crippen LogP contribution in [0, 0.1) is 0 Å². The molecule has 2 aromatic rings. The van der Waals surface area contributed by atoms with E-state index in [0.717, 1.165) is 5.76 Å². The third kappa shape index (κ3) is 4.20. The molecule has 0 spiro atoms. The fourth-order valence-corrected chi connectivity index (χ4v) is 1.74. The van der Waals surface area contributed by atoms with E-state index in [-0.39, 0.29) is 0 Å². The maximum absolute atomic E-state index is 11.7. The van der Waals surface area contributed by atoms with Gasteiger partial charge in [0.1, 0.15) is 5.76 Å². The lowest BCUT2D eigenvalue weighted by molar-refractivity contribution is -0.136. The molecule has 7 nitrogen and oxygen atoms in total. The highest BCUT2D eigenvalue weighted by molar-refractivity contribution is 6.39. The van der Waals surface area contributed by atoms with Crippen LogP contribution in [0.2, 0.25) is 0 Å². The SMILES string of the molecule is NC(=O)c1ccc(NC(=O)C(=O)NCCc2ccco2)cc1. The van der Waals surface area contributed by atoms with Gasteiger partial charge in [-0.3, -0.25) is 14.4 Å². The van der Waals surface area contributed by atoms with E-state index in [4.69, 9.17) is 10.2 Å². The zero-order valence-electron chi connectivity index (χ0n) is 11.7. The van der Waals surface area contributed by atoms with Gasteiger partial charge in [0.05, 0.1) is 6.26 Å². The Bertz CT molecular complexity index is 663. The van der Waals surface area contributed by atoms with Gasteiger partial charge in [0.15, 0.2) is 0 Å². The third-order valence-corrected chi connectivity index (χ3v) is 2.87. The Morgan fingerprint density at radius 3 is 2.36 bits per heavy atom. The minimum absolute atomic E-state index is 0.292. The molecule has 7 heteroatoms. The summed E-state index contributed by atoms with van der Waals surface area (Å²) in [7, 11) is 0. The lowest BCUT2D eigenvalue weighted by atomic mass is 10.2. The van der Waals surface area contributed by atoms with Crippen molar-refractivity contribution in [3.8, 4) is 0 Å². The molecule has 1 aromatic heterocycles. The van der Waals surface area contributed by atoms with Gasteiger partial charge in [-0.05, 0) is 36.4 Å². The maximum Gasteiger partial charge on any atom is 0.313 e. The van der Waals surface area contributed by atoms with Gasteiger partial charge < -0.3 is 20.8 Å². The zero-order chi connectivity index (χ0) is 15.9. The van der Waals surface area contributed by atoms with Gasteiger partial charge in [-0.25, -0.2) is 0 Å². The second kappa shape index (κ2) is 7.07. The largest absolute Gasteiger partial charge is 0.469 e. The molecule has 0 saturated carbocycles. The number of rotatable bonds is 5. The molecule has 0 radical (unpaired) electrons. The molecule has 114 valence electrons. The molecule has 0 unspecified atom stereocenters. The normalized spacial score (nSPS) is 10.0. The first kappa shape index (κ1) is 15.3. The van der Waals surface area contributed by atoms with Crippen LogP contribution in [-0.2, 0) is 16.0 Å². The Hall–Kier alpha value is -3.09. The molecule has 0 saturated heterocycles. The van der Waals surface area contributed by atoms with Crippen molar-refractivity contribution in [3.05, 3.63) is 54.0 Å². The van der Waals surface area contributed by atoms with Crippen LogP contribution in [0.3, 0.4) is 0 Å². The highest BCUT2D eigenvalue weighted by Crippen LogP contribution is 2.08. The fourth-order valence-electron chi connectivity index (χ4n) is 1.74. The van der Waals surface area contributed by atoms with Crippen molar-refractivity contribution in [1.82, 2.24) is 5.32 Å². The van der Waals surface area contributed by atoms with Crippen LogP contribution in [-0.4, -0.2) is 24.3 Å². The summed E-state index contributed by atoms with van der Waals surface area (Å²) in [5.74, 6) is -1.37. The van der Waals surface area contributed by atoms with Gasteiger partial charge in [0, 0.05) is 24.2 Å². The van der Waals surface area contributed by atoms with Crippen LogP contribution in [0.25, 0.3) is 0 Å². The zero-order valence-corrected chi connectivity index (χ0v) is 11.7. The molecule has 0 aliphatic rings. The lowest BCUT2D eigenvalue weighted by Crippen LogP contribution is -2.36. The average molecular weight is 301 g/mol. The van der Waals surface area contributed by atoms with Crippen LogP contribution < -0.4 is 16.4 Å². The Balaban J connectivity index is 1.80. The summed E-state index contributed by atoms with van der Waals surface area (Å²) in [5.41, 5.74) is 5.83. The van der Waals surface area contributed by atoms with Crippen molar-refractivity contribution in [2.75, 3.05) is 11.9 Å². The third-order valence-electron chi connectivity index (χ3n) is 2.87. The Morgan fingerprint density at radius 1 is 1.05 bits per heavy atom. The van der Waals surface area contributed by atoms with E-state index in [0.29, 0.717) is 24.2 Å². The number of primary amides is 1. The molecule has 3 amide bonds. The first-order valence-electron chi connectivity index (χ1n) is 6.57. The number of nitrogens with one attached hydrogen (secondary N) is 2. The van der Waals surface area contributed by atoms with E-state index in [1.165, 1.54) is 24.3 Å². The summed E-state index contributed by atoms with van der Waals surface area (Å²) in [6, 6.07) is 9.45. The van der Waals surface area contributed by atoms with Crippen LogP contribution in [0.1, 0.15) is 16.1 Å². The molecule has 0 bridgehead atoms. The Morgan fingerprint density at radius 2 is 1.77 bits per heavy atom. The number of amides is 3. The smallest absolute Gasteiger partial charge is 0.313 e. The van der Waals surface area contributed by atoms with Crippen molar-refractivity contribution in [2.24, 2.45) is 5.73 Å². The summed E-state index contributed by atoms with van der Waals surface area (Å²) in [5, 5.41) is 4.91. The highest BCUT2D eigenvalue weighted by atomic mass is 16.3. The minimum Gasteiger partial charge on any atom is -0.469 e. The number of anilines is 1. The van der Waals surface area contributed by atoms with E-state index >= 15 is 0 Å². The van der Waals surface area contributed by atoms with Gasteiger partial charge in [0.25, 0.3) is 0 Å².